The summed E-state index contributed by atoms with van der Waals surface area (Å²) in [7, 11) is 0. The second-order valence-electron chi connectivity index (χ2n) is 6.91. The molecule has 0 fully saturated rings. The van der Waals surface area contributed by atoms with Gasteiger partial charge in [-0.25, -0.2) is 4.39 Å². The van der Waals surface area contributed by atoms with Gasteiger partial charge in [0.1, 0.15) is 5.82 Å². The molecule has 2 aromatic carbocycles. The lowest BCUT2D eigenvalue weighted by atomic mass is 10.1. The van der Waals surface area contributed by atoms with Crippen LogP contribution in [-0.4, -0.2) is 30.5 Å². The van der Waals surface area contributed by atoms with Crippen LogP contribution in [0.3, 0.4) is 0 Å². The first kappa shape index (κ1) is 19.1. The van der Waals surface area contributed by atoms with E-state index in [9.17, 15) is 9.18 Å². The first-order valence-electron chi connectivity index (χ1n) is 9.75. The van der Waals surface area contributed by atoms with Crippen molar-refractivity contribution in [1.82, 2.24) is 10.3 Å². The zero-order chi connectivity index (χ0) is 20.1. The molecule has 0 bridgehead atoms. The number of para-hydroxylation sites is 2. The molecule has 0 spiro atoms. The first-order chi connectivity index (χ1) is 14.2. The van der Waals surface area contributed by atoms with Crippen molar-refractivity contribution in [2.24, 2.45) is 0 Å². The number of benzene rings is 2. The van der Waals surface area contributed by atoms with E-state index in [1.165, 1.54) is 12.1 Å². The summed E-state index contributed by atoms with van der Waals surface area (Å²) in [5.41, 5.74) is 3.72. The molecule has 1 aliphatic heterocycles. The van der Waals surface area contributed by atoms with E-state index >= 15 is 0 Å². The summed E-state index contributed by atoms with van der Waals surface area (Å²) in [6, 6.07) is 20.1. The van der Waals surface area contributed by atoms with Crippen molar-refractivity contribution in [2.45, 2.75) is 13.0 Å². The highest BCUT2D eigenvalue weighted by Crippen LogP contribution is 2.37. The quantitative estimate of drug-likeness (QED) is 0.649. The Morgan fingerprint density at radius 1 is 0.966 bits per heavy atom. The van der Waals surface area contributed by atoms with Crippen molar-refractivity contribution in [3.8, 4) is 0 Å². The Bertz CT molecular complexity index is 962. The van der Waals surface area contributed by atoms with Crippen molar-refractivity contribution < 1.29 is 9.18 Å². The Labute approximate surface area is 169 Å². The van der Waals surface area contributed by atoms with E-state index in [4.69, 9.17) is 0 Å². The fraction of sp³-hybridized carbons (Fsp3) is 0.217. The molecule has 0 aliphatic carbocycles. The highest BCUT2D eigenvalue weighted by Gasteiger charge is 2.26. The minimum absolute atomic E-state index is 0.0877. The van der Waals surface area contributed by atoms with Gasteiger partial charge in [-0.05, 0) is 48.5 Å². The van der Waals surface area contributed by atoms with Crippen LogP contribution in [0.25, 0.3) is 0 Å². The van der Waals surface area contributed by atoms with Gasteiger partial charge in [-0.15, -0.1) is 0 Å². The van der Waals surface area contributed by atoms with Crippen molar-refractivity contribution in [2.75, 3.05) is 29.4 Å². The lowest BCUT2D eigenvalue weighted by Crippen LogP contribution is -2.43. The number of hydrogen-bond acceptors (Lipinski definition) is 4. The first-order valence-corrected chi connectivity index (χ1v) is 9.75. The Morgan fingerprint density at radius 2 is 1.72 bits per heavy atom. The number of amides is 1. The number of pyridine rings is 1. The van der Waals surface area contributed by atoms with Crippen molar-refractivity contribution >= 4 is 23.0 Å². The number of nitrogens with zero attached hydrogens (tertiary/aromatic N) is 3. The zero-order valence-electron chi connectivity index (χ0n) is 16.1. The molecular formula is C23H23FN4O. The van der Waals surface area contributed by atoms with Crippen LogP contribution in [0.15, 0.2) is 72.9 Å². The maximum atomic E-state index is 13.3. The topological polar surface area (TPSA) is 48.5 Å². The molecule has 1 N–H and O–H groups in total. The minimum Gasteiger partial charge on any atom is -0.338 e. The molecule has 0 saturated heterocycles. The van der Waals surface area contributed by atoms with Crippen LogP contribution in [-0.2, 0) is 11.3 Å². The van der Waals surface area contributed by atoms with Gasteiger partial charge in [-0.2, -0.15) is 0 Å². The van der Waals surface area contributed by atoms with Gasteiger partial charge in [0.05, 0.1) is 17.1 Å². The highest BCUT2D eigenvalue weighted by atomic mass is 19.1. The molecular weight excluding hydrogens is 367 g/mol. The summed E-state index contributed by atoms with van der Waals surface area (Å²) in [5.74, 6) is -0.168. The molecule has 29 heavy (non-hydrogen) atoms. The third kappa shape index (κ3) is 4.43. The third-order valence-corrected chi connectivity index (χ3v) is 5.00. The number of rotatable bonds is 6. The zero-order valence-corrected chi connectivity index (χ0v) is 16.1. The molecule has 148 valence electrons. The average Bonchev–Trinajstić information content (AvgIpc) is 2.77. The molecule has 6 heteroatoms. The summed E-state index contributed by atoms with van der Waals surface area (Å²) in [6.07, 6.45) is 2.18. The summed E-state index contributed by atoms with van der Waals surface area (Å²) in [4.78, 5) is 21.1. The van der Waals surface area contributed by atoms with Gasteiger partial charge in [-0.1, -0.05) is 18.2 Å². The summed E-state index contributed by atoms with van der Waals surface area (Å²) >= 11 is 0. The van der Waals surface area contributed by atoms with Gasteiger partial charge in [0.25, 0.3) is 0 Å². The predicted octanol–water partition coefficient (Wildman–Crippen LogP) is 3.89. The number of carbonyl (C=O) groups is 1. The largest absolute Gasteiger partial charge is 0.338 e. The summed E-state index contributed by atoms with van der Waals surface area (Å²) < 4.78 is 13.3. The van der Waals surface area contributed by atoms with E-state index in [1.54, 1.807) is 18.3 Å². The monoisotopic (exact) mass is 390 g/mol. The molecule has 0 atom stereocenters. The smallest absolute Gasteiger partial charge is 0.228 e. The Balaban J connectivity index is 1.42. The third-order valence-electron chi connectivity index (χ3n) is 5.00. The van der Waals surface area contributed by atoms with Crippen LogP contribution in [0.5, 0.6) is 0 Å². The van der Waals surface area contributed by atoms with Crippen LogP contribution in [0.4, 0.5) is 21.5 Å². The van der Waals surface area contributed by atoms with Gasteiger partial charge in [-0.3, -0.25) is 9.78 Å². The van der Waals surface area contributed by atoms with Gasteiger partial charge < -0.3 is 15.1 Å². The van der Waals surface area contributed by atoms with Crippen molar-refractivity contribution in [1.29, 1.82) is 0 Å². The van der Waals surface area contributed by atoms with Crippen LogP contribution >= 0.6 is 0 Å². The van der Waals surface area contributed by atoms with Gasteiger partial charge in [0.2, 0.25) is 5.91 Å². The fourth-order valence-electron chi connectivity index (χ4n) is 3.56. The lowest BCUT2D eigenvalue weighted by molar-refractivity contribution is -0.118. The second-order valence-corrected chi connectivity index (χ2v) is 6.91. The fourth-order valence-corrected chi connectivity index (χ4v) is 3.56. The minimum atomic E-state index is -0.256. The van der Waals surface area contributed by atoms with Crippen LogP contribution in [0, 0.1) is 5.82 Å². The molecule has 0 unspecified atom stereocenters. The molecule has 5 nitrogen and oxygen atoms in total. The number of aromatic nitrogens is 1. The number of anilines is 3. The van der Waals surface area contributed by atoms with Gasteiger partial charge >= 0.3 is 0 Å². The number of hydrogen-bond donors (Lipinski definition) is 1. The highest BCUT2D eigenvalue weighted by molar-refractivity contribution is 5.98. The number of carbonyl (C=O) groups excluding carboxylic acids is 1. The second kappa shape index (κ2) is 8.84. The SMILES string of the molecule is O=C(CCNCc1ccccn1)N1CCN(c2ccc(F)cc2)c2ccccc21. The molecule has 2 heterocycles. The molecule has 0 radical (unpaired) electrons. The lowest BCUT2D eigenvalue weighted by Gasteiger charge is -2.38. The van der Waals surface area contributed by atoms with Crippen LogP contribution in [0.1, 0.15) is 12.1 Å². The predicted molar refractivity (Wildman–Crippen MR) is 113 cm³/mol. The number of nitrogens with one attached hydrogen (secondary N) is 1. The normalized spacial score (nSPS) is 13.3. The molecule has 3 aromatic rings. The van der Waals surface area contributed by atoms with Crippen molar-refractivity contribution in [3.63, 3.8) is 0 Å². The molecule has 0 saturated carbocycles. The van der Waals surface area contributed by atoms with Crippen molar-refractivity contribution in [3.05, 3.63) is 84.4 Å². The average molecular weight is 390 g/mol. The number of halogens is 1. The molecule has 1 aliphatic rings. The molecule has 1 amide bonds. The standard InChI is InChI=1S/C23H23FN4O/c24-18-8-10-20(11-9-18)27-15-16-28(22-7-2-1-6-21(22)27)23(29)12-14-25-17-19-5-3-4-13-26-19/h1-11,13,25H,12,14-17H2. The molecule has 1 aromatic heterocycles. The van der Waals surface area contributed by atoms with Crippen LogP contribution < -0.4 is 15.1 Å². The van der Waals surface area contributed by atoms with E-state index < -0.39 is 0 Å². The van der Waals surface area contributed by atoms with Gasteiger partial charge in [0, 0.05) is 44.5 Å². The van der Waals surface area contributed by atoms with E-state index in [-0.39, 0.29) is 11.7 Å². The van der Waals surface area contributed by atoms with E-state index in [2.05, 4.69) is 15.2 Å². The Kier molecular flexibility index (Phi) is 5.81. The Morgan fingerprint density at radius 3 is 2.48 bits per heavy atom. The maximum Gasteiger partial charge on any atom is 0.228 e. The summed E-state index contributed by atoms with van der Waals surface area (Å²) in [5, 5.41) is 3.28. The van der Waals surface area contributed by atoms with Gasteiger partial charge in [0.15, 0.2) is 0 Å². The van der Waals surface area contributed by atoms with Crippen LogP contribution in [0.2, 0.25) is 0 Å². The van der Waals surface area contributed by atoms with E-state index in [0.717, 1.165) is 22.8 Å². The van der Waals surface area contributed by atoms with E-state index in [1.807, 2.05) is 47.4 Å². The summed E-state index contributed by atoms with van der Waals surface area (Å²) in [6.45, 7) is 2.49. The molecule has 4 rings (SSSR count). The maximum absolute atomic E-state index is 13.3. The van der Waals surface area contributed by atoms with E-state index in [0.29, 0.717) is 32.6 Å². The number of fused-ring (bicyclic) bond motifs is 1. The Hall–Kier alpha value is -3.25.